The quantitative estimate of drug-likeness (QED) is 0.915. The van der Waals surface area contributed by atoms with Crippen molar-refractivity contribution in [1.82, 2.24) is 9.55 Å². The highest BCUT2D eigenvalue weighted by Gasteiger charge is 2.19. The molecule has 0 fully saturated rings. The first-order valence-corrected chi connectivity index (χ1v) is 6.74. The number of ether oxygens (including phenoxy) is 1. The van der Waals surface area contributed by atoms with Crippen molar-refractivity contribution in [3.05, 3.63) is 47.5 Å². The maximum absolute atomic E-state index is 9.38. The fraction of sp³-hybridized carbons (Fsp3) is 0.400. The summed E-state index contributed by atoms with van der Waals surface area (Å²) < 4.78 is 7.96. The van der Waals surface area contributed by atoms with Crippen molar-refractivity contribution in [2.75, 3.05) is 0 Å². The van der Waals surface area contributed by atoms with Crippen LogP contribution in [0.5, 0.6) is 5.75 Å². The van der Waals surface area contributed by atoms with Gasteiger partial charge in [0.2, 0.25) is 0 Å². The van der Waals surface area contributed by atoms with Gasteiger partial charge in [-0.2, -0.15) is 0 Å². The number of rotatable bonds is 4. The molecule has 100 valence electrons. The summed E-state index contributed by atoms with van der Waals surface area (Å²) in [4.78, 5) is 4.51. The van der Waals surface area contributed by atoms with Gasteiger partial charge in [0, 0.05) is 12.2 Å². The van der Waals surface area contributed by atoms with Crippen LogP contribution in [0.2, 0.25) is 0 Å². The van der Waals surface area contributed by atoms with E-state index < -0.39 is 0 Å². The Bertz CT molecular complexity index is 549. The fourth-order valence-corrected chi connectivity index (χ4v) is 2.60. The molecular formula is C15H18N2O2. The fourth-order valence-electron chi connectivity index (χ4n) is 2.60. The molecule has 0 atom stereocenters. The first-order valence-electron chi connectivity index (χ1n) is 6.74. The Hall–Kier alpha value is -1.81. The molecule has 4 nitrogen and oxygen atoms in total. The van der Waals surface area contributed by atoms with Crippen molar-refractivity contribution < 1.29 is 9.84 Å². The molecule has 1 N–H and O–H groups in total. The summed E-state index contributed by atoms with van der Waals surface area (Å²) in [6.07, 6.45) is 3.36. The number of aliphatic hydroxyl groups is 1. The first-order chi connectivity index (χ1) is 9.38. The van der Waals surface area contributed by atoms with Crippen LogP contribution in [0.4, 0.5) is 0 Å². The lowest BCUT2D eigenvalue weighted by Crippen LogP contribution is -2.14. The molecule has 0 saturated carbocycles. The zero-order chi connectivity index (χ0) is 13.1. The zero-order valence-corrected chi connectivity index (χ0v) is 10.9. The number of imidazole rings is 1. The molecule has 0 saturated heterocycles. The smallest absolute Gasteiger partial charge is 0.147 e. The van der Waals surface area contributed by atoms with Crippen LogP contribution < -0.4 is 4.74 Å². The molecule has 1 aromatic carbocycles. The first kappa shape index (κ1) is 12.2. The summed E-state index contributed by atoms with van der Waals surface area (Å²) in [7, 11) is 0. The van der Waals surface area contributed by atoms with Crippen molar-refractivity contribution >= 4 is 0 Å². The van der Waals surface area contributed by atoms with Gasteiger partial charge >= 0.3 is 0 Å². The maximum Gasteiger partial charge on any atom is 0.147 e. The summed E-state index contributed by atoms with van der Waals surface area (Å²) in [6.45, 7) is 1.45. The molecule has 0 aliphatic carbocycles. The minimum absolute atomic E-state index is 0.0146. The van der Waals surface area contributed by atoms with Gasteiger partial charge in [-0.05, 0) is 31.4 Å². The minimum atomic E-state index is 0.0146. The topological polar surface area (TPSA) is 47.3 Å². The van der Waals surface area contributed by atoms with Gasteiger partial charge in [0.05, 0.1) is 12.3 Å². The summed E-state index contributed by atoms with van der Waals surface area (Å²) in [5.74, 6) is 1.77. The molecule has 0 spiro atoms. The second-order valence-electron chi connectivity index (χ2n) is 4.79. The van der Waals surface area contributed by atoms with Crippen molar-refractivity contribution in [3.63, 3.8) is 0 Å². The molecule has 2 heterocycles. The second-order valence-corrected chi connectivity index (χ2v) is 4.79. The van der Waals surface area contributed by atoms with E-state index in [1.807, 2.05) is 30.3 Å². The minimum Gasteiger partial charge on any atom is -0.486 e. The van der Waals surface area contributed by atoms with Crippen LogP contribution in [-0.2, 0) is 26.2 Å². The number of nitrogens with zero attached hydrogens (tertiary/aromatic N) is 2. The Morgan fingerprint density at radius 1 is 1.21 bits per heavy atom. The van der Waals surface area contributed by atoms with Crippen molar-refractivity contribution in [2.45, 2.75) is 39.0 Å². The van der Waals surface area contributed by atoms with Gasteiger partial charge in [0.15, 0.2) is 0 Å². The van der Waals surface area contributed by atoms with Crippen LogP contribution in [0.15, 0.2) is 30.3 Å². The monoisotopic (exact) mass is 258 g/mol. The van der Waals surface area contributed by atoms with E-state index in [1.54, 1.807) is 0 Å². The van der Waals surface area contributed by atoms with Crippen LogP contribution in [0.3, 0.4) is 0 Å². The van der Waals surface area contributed by atoms with Crippen LogP contribution in [0.1, 0.15) is 30.1 Å². The lowest BCUT2D eigenvalue weighted by molar-refractivity contribution is 0.274. The van der Waals surface area contributed by atoms with E-state index in [4.69, 9.17) is 4.74 Å². The van der Waals surface area contributed by atoms with Gasteiger partial charge in [-0.15, -0.1) is 0 Å². The standard InChI is InChI=1S/C15H18N2O2/c18-10-13-14-8-4-5-9-17(14)15(16-13)11-19-12-6-2-1-3-7-12/h1-3,6-7,18H,4-5,8-11H2. The lowest BCUT2D eigenvalue weighted by Gasteiger charge is -2.17. The number of hydrogen-bond donors (Lipinski definition) is 1. The van der Waals surface area contributed by atoms with Crippen LogP contribution in [-0.4, -0.2) is 14.7 Å². The van der Waals surface area contributed by atoms with E-state index in [2.05, 4.69) is 9.55 Å². The predicted molar refractivity (Wildman–Crippen MR) is 71.9 cm³/mol. The SMILES string of the molecule is OCc1nc(COc2ccccc2)n2c1CCCC2. The third-order valence-corrected chi connectivity index (χ3v) is 3.54. The molecular weight excluding hydrogens is 240 g/mol. The van der Waals surface area contributed by atoms with Gasteiger partial charge < -0.3 is 14.4 Å². The molecule has 0 amide bonds. The van der Waals surface area contributed by atoms with Crippen molar-refractivity contribution in [3.8, 4) is 5.75 Å². The number of aromatic nitrogens is 2. The van der Waals surface area contributed by atoms with E-state index in [-0.39, 0.29) is 6.61 Å². The van der Waals surface area contributed by atoms with Gasteiger partial charge in [-0.1, -0.05) is 18.2 Å². The highest BCUT2D eigenvalue weighted by molar-refractivity contribution is 5.22. The van der Waals surface area contributed by atoms with E-state index in [0.29, 0.717) is 6.61 Å². The van der Waals surface area contributed by atoms with Crippen molar-refractivity contribution in [2.24, 2.45) is 0 Å². The molecule has 4 heteroatoms. The number of para-hydroxylation sites is 1. The Morgan fingerprint density at radius 2 is 2.05 bits per heavy atom. The average molecular weight is 258 g/mol. The molecule has 1 aliphatic heterocycles. The van der Waals surface area contributed by atoms with E-state index in [9.17, 15) is 5.11 Å². The van der Waals surface area contributed by atoms with Crippen LogP contribution in [0.25, 0.3) is 0 Å². The molecule has 1 aliphatic rings. The molecule has 0 unspecified atom stereocenters. The Labute approximate surface area is 112 Å². The molecule has 0 bridgehead atoms. The summed E-state index contributed by atoms with van der Waals surface area (Å²) in [5, 5.41) is 9.38. The maximum atomic E-state index is 9.38. The molecule has 1 aromatic heterocycles. The van der Waals surface area contributed by atoms with Crippen LogP contribution in [0, 0.1) is 0 Å². The Kier molecular flexibility index (Phi) is 3.51. The third kappa shape index (κ3) is 2.49. The van der Waals surface area contributed by atoms with E-state index in [1.165, 1.54) is 18.5 Å². The van der Waals surface area contributed by atoms with Gasteiger partial charge in [-0.25, -0.2) is 4.98 Å². The summed E-state index contributed by atoms with van der Waals surface area (Å²) in [6, 6.07) is 9.75. The number of hydrogen-bond acceptors (Lipinski definition) is 3. The van der Waals surface area contributed by atoms with Gasteiger partial charge in [0.1, 0.15) is 18.2 Å². The van der Waals surface area contributed by atoms with Crippen molar-refractivity contribution in [1.29, 1.82) is 0 Å². The average Bonchev–Trinajstić information content (AvgIpc) is 2.84. The van der Waals surface area contributed by atoms with Gasteiger partial charge in [0.25, 0.3) is 0 Å². The Morgan fingerprint density at radius 3 is 2.84 bits per heavy atom. The lowest BCUT2D eigenvalue weighted by atomic mass is 10.1. The summed E-state index contributed by atoms with van der Waals surface area (Å²) >= 11 is 0. The van der Waals surface area contributed by atoms with Crippen LogP contribution >= 0.6 is 0 Å². The van der Waals surface area contributed by atoms with E-state index >= 15 is 0 Å². The Balaban J connectivity index is 1.79. The zero-order valence-electron chi connectivity index (χ0n) is 10.9. The highest BCUT2D eigenvalue weighted by Crippen LogP contribution is 2.22. The highest BCUT2D eigenvalue weighted by atomic mass is 16.5. The molecule has 3 rings (SSSR count). The second kappa shape index (κ2) is 5.45. The summed E-state index contributed by atoms with van der Waals surface area (Å²) in [5.41, 5.74) is 1.99. The van der Waals surface area contributed by atoms with Gasteiger partial charge in [-0.3, -0.25) is 0 Å². The third-order valence-electron chi connectivity index (χ3n) is 3.54. The molecule has 2 aromatic rings. The molecule has 19 heavy (non-hydrogen) atoms. The van der Waals surface area contributed by atoms with E-state index in [0.717, 1.165) is 30.2 Å². The predicted octanol–water partition coefficient (Wildman–Crippen LogP) is 2.29. The largest absolute Gasteiger partial charge is 0.486 e. The number of benzene rings is 1. The normalized spacial score (nSPS) is 14.2. The number of aliphatic hydroxyl groups excluding tert-OH is 1. The number of fused-ring (bicyclic) bond motifs is 1. The molecule has 0 radical (unpaired) electrons.